The van der Waals surface area contributed by atoms with Crippen LogP contribution in [0.25, 0.3) is 0 Å². The molecule has 0 spiro atoms. The number of nitrogens with one attached hydrogen (secondary N) is 2. The number of amides is 2. The molecule has 0 bridgehead atoms. The van der Waals surface area contributed by atoms with E-state index in [4.69, 9.17) is 25.8 Å². The Morgan fingerprint density at radius 1 is 1.19 bits per heavy atom. The molecule has 1 aliphatic heterocycles. The minimum atomic E-state index is -0.540. The molecule has 1 fully saturated rings. The van der Waals surface area contributed by atoms with E-state index in [1.54, 1.807) is 5.38 Å². The van der Waals surface area contributed by atoms with Gasteiger partial charge in [-0.15, -0.1) is 11.3 Å². The van der Waals surface area contributed by atoms with Gasteiger partial charge >= 0.3 is 0 Å². The molecule has 0 unspecified atom stereocenters. The molecule has 1 aromatic carbocycles. The third kappa shape index (κ3) is 5.99. The molecule has 9 nitrogen and oxygen atoms in total. The number of anilines is 1. The second kappa shape index (κ2) is 11.2. The van der Waals surface area contributed by atoms with Crippen LogP contribution in [0.1, 0.15) is 41.1 Å². The van der Waals surface area contributed by atoms with Crippen molar-refractivity contribution in [2.45, 2.75) is 20.3 Å². The van der Waals surface area contributed by atoms with E-state index >= 15 is 0 Å². The lowest BCUT2D eigenvalue weighted by atomic mass is 10.2. The Kier molecular flexibility index (Phi) is 8.33. The zero-order chi connectivity index (χ0) is 22.2. The number of benzene rings is 1. The fourth-order valence-corrected chi connectivity index (χ4v) is 3.95. The van der Waals surface area contributed by atoms with E-state index in [2.05, 4.69) is 20.7 Å². The first-order chi connectivity index (χ1) is 15.0. The number of ether oxygens (including phenoxy) is 3. The fourth-order valence-electron chi connectivity index (χ4n) is 2.82. The Morgan fingerprint density at radius 2 is 1.94 bits per heavy atom. The van der Waals surface area contributed by atoms with Crippen LogP contribution >= 0.6 is 22.9 Å². The number of morpholine rings is 1. The lowest BCUT2D eigenvalue weighted by Crippen LogP contribution is -2.42. The molecule has 1 aromatic heterocycles. The molecule has 2 aromatic rings. The Balaban J connectivity index is 1.63. The second-order valence-corrected chi connectivity index (χ2v) is 7.83. The maximum absolute atomic E-state index is 12.5. The molecular weight excluding hydrogens is 444 g/mol. The van der Waals surface area contributed by atoms with Gasteiger partial charge in [-0.2, -0.15) is 0 Å². The van der Waals surface area contributed by atoms with Crippen LogP contribution in [0.15, 0.2) is 17.5 Å². The number of nitrogens with zero attached hydrogens (tertiary/aromatic N) is 2. The van der Waals surface area contributed by atoms with Crippen LogP contribution in [0.4, 0.5) is 5.13 Å². The van der Waals surface area contributed by atoms with Gasteiger partial charge in [-0.25, -0.2) is 4.98 Å². The summed E-state index contributed by atoms with van der Waals surface area (Å²) in [5.41, 5.74) is 5.22. The molecule has 168 valence electrons. The van der Waals surface area contributed by atoms with E-state index in [1.165, 1.54) is 23.5 Å². The summed E-state index contributed by atoms with van der Waals surface area (Å²) in [4.78, 5) is 31.3. The predicted octanol–water partition coefficient (Wildman–Crippen LogP) is 2.90. The first kappa shape index (κ1) is 23.1. The third-order valence-electron chi connectivity index (χ3n) is 4.32. The number of hydrogen-bond acceptors (Lipinski definition) is 8. The van der Waals surface area contributed by atoms with Gasteiger partial charge in [0.15, 0.2) is 16.6 Å². The number of aromatic nitrogens is 1. The molecule has 2 amide bonds. The van der Waals surface area contributed by atoms with Gasteiger partial charge in [0.05, 0.1) is 31.5 Å². The van der Waals surface area contributed by atoms with Crippen molar-refractivity contribution < 1.29 is 23.8 Å². The molecule has 2 heterocycles. The minimum absolute atomic E-state index is 0.225. The Morgan fingerprint density at radius 3 is 2.65 bits per heavy atom. The van der Waals surface area contributed by atoms with Crippen LogP contribution in [0.3, 0.4) is 0 Å². The van der Waals surface area contributed by atoms with Gasteiger partial charge in [-0.3, -0.25) is 20.4 Å². The highest BCUT2D eigenvalue weighted by Crippen LogP contribution is 2.36. The standard InChI is InChI=1S/C20H25ClN4O5S/c1-3-7-30-17-14(21)10-13(11-16(17)29-4-2)18(26)23-24-19(27)15-12-31-20(22-15)25-5-8-28-9-6-25/h10-12H,3-9H2,1-2H3,(H,23,26)(H,24,27). The summed E-state index contributed by atoms with van der Waals surface area (Å²) in [7, 11) is 0. The van der Waals surface area contributed by atoms with Crippen molar-refractivity contribution >= 4 is 39.9 Å². The quantitative estimate of drug-likeness (QED) is 0.574. The van der Waals surface area contributed by atoms with Gasteiger partial charge in [-0.05, 0) is 25.5 Å². The number of thiazole rings is 1. The van der Waals surface area contributed by atoms with Crippen molar-refractivity contribution in [2.75, 3.05) is 44.4 Å². The number of rotatable bonds is 8. The zero-order valence-corrected chi connectivity index (χ0v) is 19.0. The molecule has 1 aliphatic rings. The van der Waals surface area contributed by atoms with E-state index in [1.807, 2.05) is 13.8 Å². The largest absolute Gasteiger partial charge is 0.490 e. The molecule has 2 N–H and O–H groups in total. The molecule has 1 saturated heterocycles. The maximum atomic E-state index is 12.5. The highest BCUT2D eigenvalue weighted by Gasteiger charge is 2.19. The first-order valence-electron chi connectivity index (χ1n) is 10.0. The molecular formula is C20H25ClN4O5S. The molecule has 0 radical (unpaired) electrons. The lowest BCUT2D eigenvalue weighted by Gasteiger charge is -2.25. The maximum Gasteiger partial charge on any atom is 0.289 e. The van der Waals surface area contributed by atoms with Crippen LogP contribution in [0, 0.1) is 0 Å². The number of hydrazine groups is 1. The molecule has 3 rings (SSSR count). The van der Waals surface area contributed by atoms with E-state index in [-0.39, 0.29) is 16.3 Å². The van der Waals surface area contributed by atoms with E-state index in [0.717, 1.165) is 24.6 Å². The average Bonchev–Trinajstić information content (AvgIpc) is 3.28. The molecule has 11 heteroatoms. The van der Waals surface area contributed by atoms with Crippen LogP contribution in [0.5, 0.6) is 11.5 Å². The van der Waals surface area contributed by atoms with Gasteiger partial charge in [0.25, 0.3) is 11.8 Å². The summed E-state index contributed by atoms with van der Waals surface area (Å²) in [5.74, 6) is -0.288. The highest BCUT2D eigenvalue weighted by molar-refractivity contribution is 7.13. The van der Waals surface area contributed by atoms with Crippen molar-refractivity contribution in [1.82, 2.24) is 15.8 Å². The summed E-state index contributed by atoms with van der Waals surface area (Å²) in [6, 6.07) is 3.00. The van der Waals surface area contributed by atoms with Crippen LogP contribution in [0.2, 0.25) is 5.02 Å². The first-order valence-corrected chi connectivity index (χ1v) is 11.3. The Bertz CT molecular complexity index is 917. The van der Waals surface area contributed by atoms with Crippen molar-refractivity contribution in [3.63, 3.8) is 0 Å². The molecule has 31 heavy (non-hydrogen) atoms. The van der Waals surface area contributed by atoms with Crippen LogP contribution < -0.4 is 25.2 Å². The monoisotopic (exact) mass is 468 g/mol. The summed E-state index contributed by atoms with van der Waals surface area (Å²) >= 11 is 7.66. The summed E-state index contributed by atoms with van der Waals surface area (Å²) in [5, 5.41) is 2.65. The summed E-state index contributed by atoms with van der Waals surface area (Å²) in [6.45, 7) is 7.38. The zero-order valence-electron chi connectivity index (χ0n) is 17.4. The predicted molar refractivity (Wildman–Crippen MR) is 118 cm³/mol. The van der Waals surface area contributed by atoms with Gasteiger partial charge in [0.1, 0.15) is 5.69 Å². The molecule has 0 aliphatic carbocycles. The van der Waals surface area contributed by atoms with Crippen molar-refractivity contribution in [1.29, 1.82) is 0 Å². The van der Waals surface area contributed by atoms with E-state index in [9.17, 15) is 9.59 Å². The van der Waals surface area contributed by atoms with Crippen LogP contribution in [-0.2, 0) is 4.74 Å². The lowest BCUT2D eigenvalue weighted by molar-refractivity contribution is 0.0844. The number of halogens is 1. The second-order valence-electron chi connectivity index (χ2n) is 6.59. The third-order valence-corrected chi connectivity index (χ3v) is 5.50. The average molecular weight is 469 g/mol. The number of carbonyl (C=O) groups excluding carboxylic acids is 2. The highest BCUT2D eigenvalue weighted by atomic mass is 35.5. The number of hydrogen-bond donors (Lipinski definition) is 2. The molecule has 0 saturated carbocycles. The topological polar surface area (TPSA) is 102 Å². The van der Waals surface area contributed by atoms with Gasteiger partial charge in [0.2, 0.25) is 0 Å². The van der Waals surface area contributed by atoms with Crippen LogP contribution in [-0.4, -0.2) is 56.3 Å². The van der Waals surface area contributed by atoms with Crippen molar-refractivity contribution in [3.05, 3.63) is 33.8 Å². The smallest absolute Gasteiger partial charge is 0.289 e. The Hall–Kier alpha value is -2.56. The van der Waals surface area contributed by atoms with Gasteiger partial charge < -0.3 is 19.1 Å². The SMILES string of the molecule is CCCOc1c(Cl)cc(C(=O)NNC(=O)c2csc(N3CCOCC3)n2)cc1OCC. The Labute approximate surface area is 189 Å². The summed E-state index contributed by atoms with van der Waals surface area (Å²) < 4.78 is 16.5. The van der Waals surface area contributed by atoms with E-state index < -0.39 is 11.8 Å². The number of carbonyl (C=O) groups is 2. The van der Waals surface area contributed by atoms with Gasteiger partial charge in [0, 0.05) is 24.0 Å². The van der Waals surface area contributed by atoms with Crippen molar-refractivity contribution in [2.24, 2.45) is 0 Å². The van der Waals surface area contributed by atoms with Crippen molar-refractivity contribution in [3.8, 4) is 11.5 Å². The van der Waals surface area contributed by atoms with E-state index in [0.29, 0.717) is 37.9 Å². The fraction of sp³-hybridized carbons (Fsp3) is 0.450. The van der Waals surface area contributed by atoms with Gasteiger partial charge in [-0.1, -0.05) is 18.5 Å². The molecule has 0 atom stereocenters. The summed E-state index contributed by atoms with van der Waals surface area (Å²) in [6.07, 6.45) is 0.806. The normalized spacial score (nSPS) is 13.6. The minimum Gasteiger partial charge on any atom is -0.490 e.